The molecule has 0 saturated carbocycles. The number of hydrogen-bond donors (Lipinski definition) is 1. The number of piperidine rings is 1. The molecule has 2 heterocycles. The molecule has 1 atom stereocenters. The van der Waals surface area contributed by atoms with Crippen molar-refractivity contribution in [2.75, 3.05) is 6.54 Å². The lowest BCUT2D eigenvalue weighted by molar-refractivity contribution is 0.136. The summed E-state index contributed by atoms with van der Waals surface area (Å²) in [6.45, 7) is 4.68. The highest BCUT2D eigenvalue weighted by molar-refractivity contribution is 5.82. The van der Waals surface area contributed by atoms with Crippen molar-refractivity contribution in [3.8, 4) is 0 Å². The lowest BCUT2D eigenvalue weighted by Gasteiger charge is -2.35. The van der Waals surface area contributed by atoms with Gasteiger partial charge in [-0.1, -0.05) is 31.5 Å². The highest BCUT2D eigenvalue weighted by atomic mass is 15.2. The molecule has 2 nitrogen and oxygen atoms in total. The first-order valence-corrected chi connectivity index (χ1v) is 7.17. The highest BCUT2D eigenvalue weighted by Crippen LogP contribution is 2.25. The van der Waals surface area contributed by atoms with Gasteiger partial charge in [0.15, 0.2) is 0 Å². The van der Waals surface area contributed by atoms with E-state index in [0.29, 0.717) is 0 Å². The molecule has 96 valence electrons. The largest absolute Gasteiger partial charge is 0.361 e. The number of likely N-dealkylation sites (tertiary alicyclic amines) is 1. The lowest BCUT2D eigenvalue weighted by atomic mass is 9.99. The third-order valence-electron chi connectivity index (χ3n) is 4.27. The topological polar surface area (TPSA) is 19.0 Å². The van der Waals surface area contributed by atoms with Gasteiger partial charge in [-0.3, -0.25) is 4.90 Å². The normalized spacial score (nSPS) is 21.5. The van der Waals surface area contributed by atoms with Crippen LogP contribution in [0.15, 0.2) is 30.5 Å². The van der Waals surface area contributed by atoms with E-state index in [4.69, 9.17) is 0 Å². The van der Waals surface area contributed by atoms with Crippen LogP contribution >= 0.6 is 0 Å². The predicted octanol–water partition coefficient (Wildman–Crippen LogP) is 3.93. The Morgan fingerprint density at radius 1 is 1.28 bits per heavy atom. The molecule has 1 saturated heterocycles. The molecule has 3 rings (SSSR count). The molecule has 0 radical (unpaired) electrons. The number of aromatic amines is 1. The van der Waals surface area contributed by atoms with Gasteiger partial charge in [-0.2, -0.15) is 0 Å². The molecule has 1 N–H and O–H groups in total. The molecule has 0 aliphatic carbocycles. The van der Waals surface area contributed by atoms with E-state index in [9.17, 15) is 0 Å². The molecule has 1 aliphatic rings. The van der Waals surface area contributed by atoms with Crippen molar-refractivity contribution in [3.05, 3.63) is 36.0 Å². The maximum Gasteiger partial charge on any atom is 0.0457 e. The van der Waals surface area contributed by atoms with Crippen LogP contribution in [-0.4, -0.2) is 22.5 Å². The summed E-state index contributed by atoms with van der Waals surface area (Å²) < 4.78 is 0. The van der Waals surface area contributed by atoms with E-state index in [1.807, 2.05) is 0 Å². The van der Waals surface area contributed by atoms with E-state index < -0.39 is 0 Å². The summed E-state index contributed by atoms with van der Waals surface area (Å²) in [7, 11) is 0. The molecular weight excluding hydrogens is 220 g/mol. The minimum absolute atomic E-state index is 0.785. The number of fused-ring (bicyclic) bond motifs is 1. The number of H-pyrrole nitrogens is 1. The molecule has 1 fully saturated rings. The fraction of sp³-hybridized carbons (Fsp3) is 0.500. The molecule has 0 bridgehead atoms. The second-order valence-electron chi connectivity index (χ2n) is 5.39. The van der Waals surface area contributed by atoms with Crippen LogP contribution in [0, 0.1) is 0 Å². The number of nitrogens with zero attached hydrogens (tertiary/aromatic N) is 1. The fourth-order valence-corrected chi connectivity index (χ4v) is 3.21. The van der Waals surface area contributed by atoms with Crippen LogP contribution in [0.2, 0.25) is 0 Å². The van der Waals surface area contributed by atoms with Gasteiger partial charge in [0.1, 0.15) is 0 Å². The van der Waals surface area contributed by atoms with Crippen LogP contribution in [0.25, 0.3) is 10.9 Å². The summed E-state index contributed by atoms with van der Waals surface area (Å²) >= 11 is 0. The minimum atomic E-state index is 0.785. The fourth-order valence-electron chi connectivity index (χ4n) is 3.21. The lowest BCUT2D eigenvalue weighted by Crippen LogP contribution is -2.38. The Hall–Kier alpha value is -1.28. The maximum atomic E-state index is 3.38. The van der Waals surface area contributed by atoms with E-state index in [1.54, 1.807) is 0 Å². The second-order valence-corrected chi connectivity index (χ2v) is 5.39. The number of benzene rings is 1. The van der Waals surface area contributed by atoms with Crippen molar-refractivity contribution in [2.45, 2.75) is 45.2 Å². The summed E-state index contributed by atoms with van der Waals surface area (Å²) in [5.74, 6) is 0. The predicted molar refractivity (Wildman–Crippen MR) is 76.6 cm³/mol. The molecule has 0 spiro atoms. The van der Waals surface area contributed by atoms with Crippen molar-refractivity contribution in [2.24, 2.45) is 0 Å². The van der Waals surface area contributed by atoms with E-state index in [-0.39, 0.29) is 0 Å². The van der Waals surface area contributed by atoms with Gasteiger partial charge in [-0.05, 0) is 37.4 Å². The maximum absolute atomic E-state index is 3.38. The monoisotopic (exact) mass is 242 g/mol. The quantitative estimate of drug-likeness (QED) is 0.864. The van der Waals surface area contributed by atoms with E-state index in [2.05, 4.69) is 47.3 Å². The molecule has 1 aromatic heterocycles. The van der Waals surface area contributed by atoms with Gasteiger partial charge in [0.25, 0.3) is 0 Å². The third-order valence-corrected chi connectivity index (χ3v) is 4.27. The first kappa shape index (κ1) is 11.8. The average molecular weight is 242 g/mol. The van der Waals surface area contributed by atoms with Gasteiger partial charge in [-0.25, -0.2) is 0 Å². The number of rotatable bonds is 3. The van der Waals surface area contributed by atoms with E-state index in [0.717, 1.165) is 12.6 Å². The zero-order valence-corrected chi connectivity index (χ0v) is 11.2. The van der Waals surface area contributed by atoms with Crippen LogP contribution in [0.5, 0.6) is 0 Å². The van der Waals surface area contributed by atoms with Crippen LogP contribution in [-0.2, 0) is 6.54 Å². The molecule has 0 unspecified atom stereocenters. The van der Waals surface area contributed by atoms with Crippen LogP contribution in [0.3, 0.4) is 0 Å². The van der Waals surface area contributed by atoms with Gasteiger partial charge >= 0.3 is 0 Å². The van der Waals surface area contributed by atoms with Crippen molar-refractivity contribution >= 4 is 10.9 Å². The number of hydrogen-bond acceptors (Lipinski definition) is 1. The van der Waals surface area contributed by atoms with Crippen molar-refractivity contribution < 1.29 is 0 Å². The summed E-state index contributed by atoms with van der Waals surface area (Å²) in [4.78, 5) is 6.05. The highest BCUT2D eigenvalue weighted by Gasteiger charge is 2.21. The summed E-state index contributed by atoms with van der Waals surface area (Å²) in [5.41, 5.74) is 2.71. The third kappa shape index (κ3) is 2.17. The first-order chi connectivity index (χ1) is 8.88. The van der Waals surface area contributed by atoms with E-state index in [1.165, 1.54) is 48.7 Å². The van der Waals surface area contributed by atoms with Crippen molar-refractivity contribution in [1.29, 1.82) is 0 Å². The minimum Gasteiger partial charge on any atom is -0.361 e. The molecule has 1 aromatic carbocycles. The zero-order valence-electron chi connectivity index (χ0n) is 11.2. The van der Waals surface area contributed by atoms with Crippen LogP contribution in [0.1, 0.15) is 38.2 Å². The number of aromatic nitrogens is 1. The van der Waals surface area contributed by atoms with Crippen molar-refractivity contribution in [3.63, 3.8) is 0 Å². The Morgan fingerprint density at radius 3 is 3.06 bits per heavy atom. The Balaban J connectivity index is 1.82. The van der Waals surface area contributed by atoms with Gasteiger partial charge in [0.2, 0.25) is 0 Å². The summed E-state index contributed by atoms with van der Waals surface area (Å²) in [6.07, 6.45) is 7.61. The number of nitrogens with one attached hydrogen (secondary N) is 1. The first-order valence-electron chi connectivity index (χ1n) is 7.17. The molecule has 2 heteroatoms. The Labute approximate surface area is 109 Å². The smallest absolute Gasteiger partial charge is 0.0457 e. The molecule has 1 aliphatic heterocycles. The average Bonchev–Trinajstić information content (AvgIpc) is 2.83. The van der Waals surface area contributed by atoms with E-state index >= 15 is 0 Å². The zero-order chi connectivity index (χ0) is 12.4. The second kappa shape index (κ2) is 5.15. The Morgan fingerprint density at radius 2 is 2.17 bits per heavy atom. The van der Waals surface area contributed by atoms with Gasteiger partial charge in [-0.15, -0.1) is 0 Å². The molecule has 2 aromatic rings. The van der Waals surface area contributed by atoms with Gasteiger partial charge < -0.3 is 4.98 Å². The van der Waals surface area contributed by atoms with Gasteiger partial charge in [0, 0.05) is 29.7 Å². The summed E-state index contributed by atoms with van der Waals surface area (Å²) in [6, 6.07) is 9.40. The SMILES string of the molecule is CC[C@H]1CCCCN1Cc1c[nH]c2ccccc12. The molecule has 18 heavy (non-hydrogen) atoms. The standard InChI is InChI=1S/C16H22N2/c1-2-14-7-5-6-10-18(14)12-13-11-17-16-9-4-3-8-15(13)16/h3-4,8-9,11,14,17H,2,5-7,10,12H2,1H3/t14-/m0/s1. The Kier molecular flexibility index (Phi) is 3.37. The van der Waals surface area contributed by atoms with Gasteiger partial charge in [0.05, 0.1) is 0 Å². The molecule has 0 amide bonds. The number of para-hydroxylation sites is 1. The Bertz CT molecular complexity index is 515. The van der Waals surface area contributed by atoms with Crippen LogP contribution < -0.4 is 0 Å². The molecular formula is C16H22N2. The summed E-state index contributed by atoms with van der Waals surface area (Å²) in [5, 5.41) is 1.39. The van der Waals surface area contributed by atoms with Crippen molar-refractivity contribution in [1.82, 2.24) is 9.88 Å². The van der Waals surface area contributed by atoms with Crippen LogP contribution in [0.4, 0.5) is 0 Å².